The Bertz CT molecular complexity index is 351. The van der Waals surface area contributed by atoms with E-state index in [-0.39, 0.29) is 6.10 Å². The molecule has 4 heteroatoms. The fraction of sp³-hybridized carbons (Fsp3) is 0.500. The van der Waals surface area contributed by atoms with Crippen molar-refractivity contribution < 1.29 is 9.47 Å². The second-order valence-corrected chi connectivity index (χ2v) is 4.35. The van der Waals surface area contributed by atoms with Crippen LogP contribution in [0, 0.1) is 6.92 Å². The van der Waals surface area contributed by atoms with Crippen molar-refractivity contribution in [3.05, 3.63) is 28.8 Å². The minimum Gasteiger partial charge on any atom is -0.489 e. The molecule has 1 unspecified atom stereocenters. The van der Waals surface area contributed by atoms with Crippen LogP contribution in [0.15, 0.2) is 18.2 Å². The van der Waals surface area contributed by atoms with Crippen LogP contribution in [0.2, 0.25) is 5.02 Å². The smallest absolute Gasteiger partial charge is 0.138 e. The molecule has 1 aromatic carbocycles. The van der Waals surface area contributed by atoms with Crippen LogP contribution in [0.4, 0.5) is 0 Å². The van der Waals surface area contributed by atoms with Crippen LogP contribution in [-0.2, 0) is 4.74 Å². The van der Waals surface area contributed by atoms with Gasteiger partial charge in [0.05, 0.1) is 11.6 Å². The van der Waals surface area contributed by atoms with Gasteiger partial charge in [0.2, 0.25) is 0 Å². The molecule has 1 N–H and O–H groups in total. The topological polar surface area (TPSA) is 30.5 Å². The molecule has 16 heavy (non-hydrogen) atoms. The third-order valence-electron chi connectivity index (χ3n) is 2.52. The Morgan fingerprint density at radius 3 is 3.19 bits per heavy atom. The third-order valence-corrected chi connectivity index (χ3v) is 2.83. The summed E-state index contributed by atoms with van der Waals surface area (Å²) >= 11 is 6.03. The number of nitrogens with one attached hydrogen (secondary N) is 1. The van der Waals surface area contributed by atoms with E-state index in [4.69, 9.17) is 21.1 Å². The number of aryl methyl sites for hydroxylation is 1. The molecule has 0 amide bonds. The number of ether oxygens (including phenoxy) is 2. The second-order valence-electron chi connectivity index (χ2n) is 3.94. The lowest BCUT2D eigenvalue weighted by Gasteiger charge is -2.23. The Kier molecular flexibility index (Phi) is 4.04. The highest BCUT2D eigenvalue weighted by molar-refractivity contribution is 6.32. The van der Waals surface area contributed by atoms with E-state index in [0.29, 0.717) is 11.6 Å². The van der Waals surface area contributed by atoms with Gasteiger partial charge in [-0.05, 0) is 24.6 Å². The Morgan fingerprint density at radius 2 is 2.44 bits per heavy atom. The van der Waals surface area contributed by atoms with Gasteiger partial charge < -0.3 is 14.8 Å². The van der Waals surface area contributed by atoms with Gasteiger partial charge in [-0.2, -0.15) is 0 Å². The maximum atomic E-state index is 6.03. The molecule has 0 saturated carbocycles. The molecular weight excluding hydrogens is 226 g/mol. The summed E-state index contributed by atoms with van der Waals surface area (Å²) in [5, 5.41) is 3.91. The Morgan fingerprint density at radius 1 is 1.56 bits per heavy atom. The molecule has 1 aromatic rings. The fourth-order valence-corrected chi connectivity index (χ4v) is 1.80. The summed E-state index contributed by atoms with van der Waals surface area (Å²) in [5.41, 5.74) is 1.14. The first-order chi connectivity index (χ1) is 7.75. The zero-order valence-electron chi connectivity index (χ0n) is 9.33. The van der Waals surface area contributed by atoms with Crippen LogP contribution in [0.1, 0.15) is 5.56 Å². The van der Waals surface area contributed by atoms with Crippen molar-refractivity contribution in [1.29, 1.82) is 0 Å². The van der Waals surface area contributed by atoms with Crippen LogP contribution in [-0.4, -0.2) is 32.4 Å². The lowest BCUT2D eigenvalue weighted by molar-refractivity contribution is 0.000207. The fourth-order valence-electron chi connectivity index (χ4n) is 1.63. The normalized spacial score (nSPS) is 20.8. The predicted molar refractivity (Wildman–Crippen MR) is 64.3 cm³/mol. The summed E-state index contributed by atoms with van der Waals surface area (Å²) in [6, 6.07) is 5.76. The van der Waals surface area contributed by atoms with E-state index >= 15 is 0 Å². The molecule has 1 atom stereocenters. The quantitative estimate of drug-likeness (QED) is 0.878. The summed E-state index contributed by atoms with van der Waals surface area (Å²) < 4.78 is 11.2. The van der Waals surface area contributed by atoms with Gasteiger partial charge in [-0.1, -0.05) is 17.7 Å². The third kappa shape index (κ3) is 3.11. The first-order valence-corrected chi connectivity index (χ1v) is 5.85. The Labute approximate surface area is 101 Å². The van der Waals surface area contributed by atoms with Crippen molar-refractivity contribution >= 4 is 11.6 Å². The summed E-state index contributed by atoms with van der Waals surface area (Å²) in [6.45, 7) is 5.05. The van der Waals surface area contributed by atoms with Crippen molar-refractivity contribution in [1.82, 2.24) is 5.32 Å². The maximum Gasteiger partial charge on any atom is 0.138 e. The molecule has 1 saturated heterocycles. The first-order valence-electron chi connectivity index (χ1n) is 5.47. The van der Waals surface area contributed by atoms with Gasteiger partial charge in [-0.25, -0.2) is 0 Å². The molecule has 0 bridgehead atoms. The number of hydrogen-bond acceptors (Lipinski definition) is 3. The molecule has 0 aliphatic carbocycles. The summed E-state index contributed by atoms with van der Waals surface area (Å²) in [4.78, 5) is 0. The molecule has 0 aromatic heterocycles. The van der Waals surface area contributed by atoms with Crippen LogP contribution in [0.5, 0.6) is 5.75 Å². The monoisotopic (exact) mass is 241 g/mol. The summed E-state index contributed by atoms with van der Waals surface area (Å²) in [5.74, 6) is 0.732. The van der Waals surface area contributed by atoms with E-state index in [9.17, 15) is 0 Å². The van der Waals surface area contributed by atoms with E-state index in [1.54, 1.807) is 0 Å². The van der Waals surface area contributed by atoms with E-state index < -0.39 is 0 Å². The first kappa shape index (κ1) is 11.7. The van der Waals surface area contributed by atoms with Crippen LogP contribution >= 0.6 is 11.6 Å². The van der Waals surface area contributed by atoms with Gasteiger partial charge in [-0.3, -0.25) is 0 Å². The SMILES string of the molecule is Cc1ccc(Cl)c(OCC2CNCCO2)c1. The number of morpholine rings is 1. The van der Waals surface area contributed by atoms with E-state index in [0.717, 1.165) is 31.0 Å². The lowest BCUT2D eigenvalue weighted by Crippen LogP contribution is -2.41. The molecule has 1 heterocycles. The van der Waals surface area contributed by atoms with E-state index in [1.807, 2.05) is 25.1 Å². The zero-order chi connectivity index (χ0) is 11.4. The van der Waals surface area contributed by atoms with Gasteiger partial charge in [0.1, 0.15) is 18.5 Å². The van der Waals surface area contributed by atoms with Crippen molar-refractivity contribution in [2.24, 2.45) is 0 Å². The number of rotatable bonds is 3. The largest absolute Gasteiger partial charge is 0.489 e. The molecule has 2 rings (SSSR count). The standard InChI is InChI=1S/C12H16ClNO2/c1-9-2-3-11(13)12(6-9)16-8-10-7-14-4-5-15-10/h2-3,6,10,14H,4-5,7-8H2,1H3. The summed E-state index contributed by atoms with van der Waals surface area (Å²) in [7, 11) is 0. The molecular formula is C12H16ClNO2. The number of hydrogen-bond donors (Lipinski definition) is 1. The average molecular weight is 242 g/mol. The predicted octanol–water partition coefficient (Wildman–Crippen LogP) is 2.02. The van der Waals surface area contributed by atoms with Gasteiger partial charge in [0.15, 0.2) is 0 Å². The Hall–Kier alpha value is -0.770. The lowest BCUT2D eigenvalue weighted by atomic mass is 10.2. The van der Waals surface area contributed by atoms with Crippen molar-refractivity contribution in [3.63, 3.8) is 0 Å². The van der Waals surface area contributed by atoms with Gasteiger partial charge in [0, 0.05) is 13.1 Å². The van der Waals surface area contributed by atoms with Gasteiger partial charge in [0.25, 0.3) is 0 Å². The highest BCUT2D eigenvalue weighted by Crippen LogP contribution is 2.25. The highest BCUT2D eigenvalue weighted by Gasteiger charge is 2.14. The molecule has 0 radical (unpaired) electrons. The van der Waals surface area contributed by atoms with Crippen molar-refractivity contribution in [2.45, 2.75) is 13.0 Å². The van der Waals surface area contributed by atoms with E-state index in [2.05, 4.69) is 5.32 Å². The summed E-state index contributed by atoms with van der Waals surface area (Å²) in [6.07, 6.45) is 0.116. The van der Waals surface area contributed by atoms with Gasteiger partial charge in [-0.15, -0.1) is 0 Å². The molecule has 1 aliphatic heterocycles. The highest BCUT2D eigenvalue weighted by atomic mass is 35.5. The average Bonchev–Trinajstić information content (AvgIpc) is 2.32. The molecule has 1 aliphatic rings. The van der Waals surface area contributed by atoms with Crippen LogP contribution < -0.4 is 10.1 Å². The van der Waals surface area contributed by atoms with Crippen molar-refractivity contribution in [2.75, 3.05) is 26.3 Å². The number of halogens is 1. The van der Waals surface area contributed by atoms with E-state index in [1.165, 1.54) is 0 Å². The maximum absolute atomic E-state index is 6.03. The van der Waals surface area contributed by atoms with Crippen LogP contribution in [0.3, 0.4) is 0 Å². The molecule has 0 spiro atoms. The molecule has 88 valence electrons. The van der Waals surface area contributed by atoms with Crippen molar-refractivity contribution in [3.8, 4) is 5.75 Å². The zero-order valence-corrected chi connectivity index (χ0v) is 10.1. The number of benzene rings is 1. The van der Waals surface area contributed by atoms with Gasteiger partial charge >= 0.3 is 0 Å². The second kappa shape index (κ2) is 5.53. The minimum absolute atomic E-state index is 0.116. The Balaban J connectivity index is 1.90. The molecule has 3 nitrogen and oxygen atoms in total. The van der Waals surface area contributed by atoms with Crippen LogP contribution in [0.25, 0.3) is 0 Å². The molecule has 1 fully saturated rings. The minimum atomic E-state index is 0.116.